The summed E-state index contributed by atoms with van der Waals surface area (Å²) >= 11 is 1.64. The average Bonchev–Trinajstić information content (AvgIpc) is 2.75. The van der Waals surface area contributed by atoms with Gasteiger partial charge in [0.1, 0.15) is 12.4 Å². The van der Waals surface area contributed by atoms with Gasteiger partial charge in [0, 0.05) is 5.38 Å². The molecule has 1 aromatic heterocycles. The molecule has 0 amide bonds. The molecule has 0 unspecified atom stereocenters. The monoisotopic (exact) mass is 248 g/mol. The van der Waals surface area contributed by atoms with Crippen LogP contribution in [0.4, 0.5) is 0 Å². The van der Waals surface area contributed by atoms with Gasteiger partial charge in [0.05, 0.1) is 10.7 Å². The van der Waals surface area contributed by atoms with Crippen LogP contribution in [0.25, 0.3) is 0 Å². The van der Waals surface area contributed by atoms with E-state index >= 15 is 0 Å². The maximum absolute atomic E-state index is 5.65. The minimum absolute atomic E-state index is 0.528. The molecule has 90 valence electrons. The Bertz CT molecular complexity index is 465. The Labute approximate surface area is 105 Å². The highest BCUT2D eigenvalue weighted by molar-refractivity contribution is 7.09. The summed E-state index contributed by atoms with van der Waals surface area (Å²) in [5.41, 5.74) is 7.72. The summed E-state index contributed by atoms with van der Waals surface area (Å²) in [6, 6.07) is 8.05. The molecule has 2 rings (SSSR count). The first kappa shape index (κ1) is 12.1. The summed E-state index contributed by atoms with van der Waals surface area (Å²) in [4.78, 5) is 4.35. The Kier molecular flexibility index (Phi) is 4.12. The third-order valence-corrected chi connectivity index (χ3v) is 3.23. The second kappa shape index (κ2) is 5.80. The molecule has 0 fully saturated rings. The van der Waals surface area contributed by atoms with Gasteiger partial charge in [-0.25, -0.2) is 4.98 Å². The molecule has 3 nitrogen and oxygen atoms in total. The molecule has 0 saturated carbocycles. The van der Waals surface area contributed by atoms with Crippen LogP contribution in [-0.4, -0.2) is 11.5 Å². The lowest BCUT2D eigenvalue weighted by atomic mass is 10.1. The Hall–Kier alpha value is -1.39. The van der Waals surface area contributed by atoms with E-state index in [0.717, 1.165) is 22.9 Å². The molecule has 0 saturated heterocycles. The van der Waals surface area contributed by atoms with Crippen molar-refractivity contribution in [3.8, 4) is 5.75 Å². The van der Waals surface area contributed by atoms with Crippen molar-refractivity contribution in [1.82, 2.24) is 4.98 Å². The van der Waals surface area contributed by atoms with Crippen LogP contribution in [0, 0.1) is 6.92 Å². The SMILES string of the molecule is Cc1nc(COc2ccc(CCN)cc2)cs1. The fourth-order valence-electron chi connectivity index (χ4n) is 1.55. The lowest BCUT2D eigenvalue weighted by Crippen LogP contribution is -2.02. The van der Waals surface area contributed by atoms with Crippen molar-refractivity contribution in [3.63, 3.8) is 0 Å². The predicted octanol–water partition coefficient (Wildman–Crippen LogP) is 2.53. The first-order valence-electron chi connectivity index (χ1n) is 5.61. The summed E-state index contributed by atoms with van der Waals surface area (Å²) in [6.07, 6.45) is 0.908. The number of benzene rings is 1. The zero-order valence-corrected chi connectivity index (χ0v) is 10.7. The van der Waals surface area contributed by atoms with Crippen molar-refractivity contribution >= 4 is 11.3 Å². The topological polar surface area (TPSA) is 48.1 Å². The van der Waals surface area contributed by atoms with Gasteiger partial charge >= 0.3 is 0 Å². The van der Waals surface area contributed by atoms with Gasteiger partial charge in [0.15, 0.2) is 0 Å². The van der Waals surface area contributed by atoms with Crippen LogP contribution in [-0.2, 0) is 13.0 Å². The van der Waals surface area contributed by atoms with Crippen LogP contribution in [0.2, 0.25) is 0 Å². The standard InChI is InChI=1S/C13H16N2OS/c1-10-15-12(9-17-10)8-16-13-4-2-11(3-5-13)6-7-14/h2-5,9H,6-8,14H2,1H3. The normalized spacial score (nSPS) is 10.5. The van der Waals surface area contributed by atoms with Gasteiger partial charge in [-0.05, 0) is 37.6 Å². The van der Waals surface area contributed by atoms with Crippen molar-refractivity contribution in [3.05, 3.63) is 45.9 Å². The number of hydrogen-bond acceptors (Lipinski definition) is 4. The molecule has 2 N–H and O–H groups in total. The van der Waals surface area contributed by atoms with Crippen LogP contribution in [0.3, 0.4) is 0 Å². The molecule has 17 heavy (non-hydrogen) atoms. The lowest BCUT2D eigenvalue weighted by molar-refractivity contribution is 0.302. The Morgan fingerprint density at radius 1 is 1.29 bits per heavy atom. The lowest BCUT2D eigenvalue weighted by Gasteiger charge is -2.05. The summed E-state index contributed by atoms with van der Waals surface area (Å²) < 4.78 is 5.65. The molecule has 0 aliphatic heterocycles. The summed E-state index contributed by atoms with van der Waals surface area (Å²) in [5, 5.41) is 3.10. The zero-order valence-electron chi connectivity index (χ0n) is 9.85. The van der Waals surface area contributed by atoms with Crippen molar-refractivity contribution in [2.45, 2.75) is 20.0 Å². The molecular weight excluding hydrogens is 232 g/mol. The largest absolute Gasteiger partial charge is 0.487 e. The number of aromatic nitrogens is 1. The quantitative estimate of drug-likeness (QED) is 0.884. The number of ether oxygens (including phenoxy) is 1. The van der Waals surface area contributed by atoms with Crippen LogP contribution < -0.4 is 10.5 Å². The molecule has 0 bridgehead atoms. The van der Waals surface area contributed by atoms with Crippen molar-refractivity contribution in [2.24, 2.45) is 5.73 Å². The second-order valence-corrected chi connectivity index (χ2v) is 4.89. The molecule has 1 heterocycles. The molecule has 2 aromatic rings. The number of rotatable bonds is 5. The summed E-state index contributed by atoms with van der Waals surface area (Å²) in [6.45, 7) is 3.20. The first-order valence-corrected chi connectivity index (χ1v) is 6.48. The third kappa shape index (κ3) is 3.54. The van der Waals surface area contributed by atoms with E-state index in [-0.39, 0.29) is 0 Å². The van der Waals surface area contributed by atoms with Gasteiger partial charge in [0.25, 0.3) is 0 Å². The van der Waals surface area contributed by atoms with Gasteiger partial charge in [-0.3, -0.25) is 0 Å². The summed E-state index contributed by atoms with van der Waals surface area (Å²) in [7, 11) is 0. The van der Waals surface area contributed by atoms with Gasteiger partial charge in [-0.1, -0.05) is 12.1 Å². The van der Waals surface area contributed by atoms with E-state index in [4.69, 9.17) is 10.5 Å². The van der Waals surface area contributed by atoms with Crippen molar-refractivity contribution in [1.29, 1.82) is 0 Å². The fraction of sp³-hybridized carbons (Fsp3) is 0.308. The number of hydrogen-bond donors (Lipinski definition) is 1. The number of nitrogens with zero attached hydrogens (tertiary/aromatic N) is 1. The van der Waals surface area contributed by atoms with E-state index in [0.29, 0.717) is 13.2 Å². The smallest absolute Gasteiger partial charge is 0.131 e. The van der Waals surface area contributed by atoms with Gasteiger partial charge in [-0.15, -0.1) is 11.3 Å². The highest BCUT2D eigenvalue weighted by Gasteiger charge is 2.00. The van der Waals surface area contributed by atoms with Crippen molar-refractivity contribution in [2.75, 3.05) is 6.54 Å². The molecule has 0 radical (unpaired) electrons. The van der Waals surface area contributed by atoms with Gasteiger partial charge in [0.2, 0.25) is 0 Å². The van der Waals surface area contributed by atoms with E-state index in [1.807, 2.05) is 24.4 Å². The Morgan fingerprint density at radius 2 is 2.06 bits per heavy atom. The fourth-order valence-corrected chi connectivity index (χ4v) is 2.15. The number of aryl methyl sites for hydroxylation is 1. The molecular formula is C13H16N2OS. The van der Waals surface area contributed by atoms with E-state index in [1.165, 1.54) is 5.56 Å². The predicted molar refractivity (Wildman–Crippen MR) is 70.4 cm³/mol. The summed E-state index contributed by atoms with van der Waals surface area (Å²) in [5.74, 6) is 0.872. The Balaban J connectivity index is 1.90. The van der Waals surface area contributed by atoms with Gasteiger partial charge in [-0.2, -0.15) is 0 Å². The number of thiazole rings is 1. The highest BCUT2D eigenvalue weighted by Crippen LogP contribution is 2.15. The molecule has 0 spiro atoms. The molecule has 0 aliphatic rings. The van der Waals surface area contributed by atoms with E-state index in [2.05, 4.69) is 17.1 Å². The van der Waals surface area contributed by atoms with Crippen molar-refractivity contribution < 1.29 is 4.74 Å². The molecule has 4 heteroatoms. The van der Waals surface area contributed by atoms with E-state index < -0.39 is 0 Å². The van der Waals surface area contributed by atoms with E-state index in [9.17, 15) is 0 Å². The number of nitrogens with two attached hydrogens (primary N) is 1. The van der Waals surface area contributed by atoms with Crippen LogP contribution in [0.1, 0.15) is 16.3 Å². The van der Waals surface area contributed by atoms with Gasteiger partial charge < -0.3 is 10.5 Å². The minimum Gasteiger partial charge on any atom is -0.487 e. The van der Waals surface area contributed by atoms with E-state index in [1.54, 1.807) is 11.3 Å². The molecule has 1 aromatic carbocycles. The first-order chi connectivity index (χ1) is 8.28. The zero-order chi connectivity index (χ0) is 12.1. The average molecular weight is 248 g/mol. The minimum atomic E-state index is 0.528. The Morgan fingerprint density at radius 3 is 2.65 bits per heavy atom. The van der Waals surface area contributed by atoms with Crippen LogP contribution >= 0.6 is 11.3 Å². The van der Waals surface area contributed by atoms with Crippen LogP contribution in [0.15, 0.2) is 29.6 Å². The highest BCUT2D eigenvalue weighted by atomic mass is 32.1. The second-order valence-electron chi connectivity index (χ2n) is 3.83. The molecule has 0 aliphatic carbocycles. The third-order valence-electron chi connectivity index (χ3n) is 2.41. The maximum atomic E-state index is 5.65. The maximum Gasteiger partial charge on any atom is 0.131 e. The molecule has 0 atom stereocenters. The van der Waals surface area contributed by atoms with Crippen LogP contribution in [0.5, 0.6) is 5.75 Å².